The second-order valence-electron chi connectivity index (χ2n) is 4.12. The van der Waals surface area contributed by atoms with Gasteiger partial charge in [0.1, 0.15) is 5.82 Å². The van der Waals surface area contributed by atoms with E-state index in [0.717, 1.165) is 18.2 Å². The van der Waals surface area contributed by atoms with Crippen LogP contribution >= 0.6 is 12.2 Å². The number of aromatic nitrogens is 1. The summed E-state index contributed by atoms with van der Waals surface area (Å²) in [5.74, 6) is -0.640. The van der Waals surface area contributed by atoms with Crippen LogP contribution < -0.4 is 0 Å². The van der Waals surface area contributed by atoms with E-state index in [1.54, 1.807) is 0 Å². The lowest BCUT2D eigenvalue weighted by Gasteiger charge is -2.14. The summed E-state index contributed by atoms with van der Waals surface area (Å²) in [5.41, 5.74) is -1.27. The van der Waals surface area contributed by atoms with Gasteiger partial charge in [-0.15, -0.1) is 0 Å². The Morgan fingerprint density at radius 3 is 2.52 bits per heavy atom. The number of nitrogens with zero attached hydrogens (tertiary/aromatic N) is 1. The molecule has 1 aromatic carbocycles. The fraction of sp³-hybridized carbons (Fsp3) is 0.143. The summed E-state index contributed by atoms with van der Waals surface area (Å²) in [7, 11) is 1.26. The molecule has 0 radical (unpaired) electrons. The molecule has 110 valence electrons. The lowest BCUT2D eigenvalue weighted by atomic mass is 10.0. The smallest absolute Gasteiger partial charge is 0.418 e. The maximum absolute atomic E-state index is 13.2. The Labute approximate surface area is 123 Å². The van der Waals surface area contributed by atoms with Gasteiger partial charge in [-0.1, -0.05) is 12.1 Å². The van der Waals surface area contributed by atoms with E-state index < -0.39 is 17.6 Å². The molecule has 0 N–H and O–H groups in total. The highest BCUT2D eigenvalue weighted by Crippen LogP contribution is 2.36. The monoisotopic (exact) mass is 315 g/mol. The maximum Gasteiger partial charge on any atom is 0.418 e. The standard InChI is InChI=1S/C14H9F4NOS/c1-20-13(21)9-6-11(14(16,17)18)12(19-7-9)8-3-2-4-10(15)5-8/h2-7H,1H3. The minimum atomic E-state index is -4.64. The first-order valence-corrected chi connectivity index (χ1v) is 6.15. The summed E-state index contributed by atoms with van der Waals surface area (Å²) < 4.78 is 57.4. The van der Waals surface area contributed by atoms with Gasteiger partial charge in [0.05, 0.1) is 18.4 Å². The van der Waals surface area contributed by atoms with Crippen LogP contribution in [-0.2, 0) is 10.9 Å². The molecule has 0 fully saturated rings. The first kappa shape index (κ1) is 15.4. The molecular formula is C14H9F4NOS. The van der Waals surface area contributed by atoms with Gasteiger partial charge < -0.3 is 4.74 Å². The van der Waals surface area contributed by atoms with Crippen LogP contribution in [0, 0.1) is 5.82 Å². The van der Waals surface area contributed by atoms with Crippen molar-refractivity contribution < 1.29 is 22.3 Å². The molecule has 0 aliphatic heterocycles. The van der Waals surface area contributed by atoms with Crippen molar-refractivity contribution in [2.75, 3.05) is 7.11 Å². The molecular weight excluding hydrogens is 306 g/mol. The molecule has 0 saturated carbocycles. The predicted molar refractivity (Wildman–Crippen MR) is 73.3 cm³/mol. The first-order chi connectivity index (χ1) is 9.82. The van der Waals surface area contributed by atoms with Gasteiger partial charge >= 0.3 is 6.18 Å². The molecule has 0 amide bonds. The highest BCUT2D eigenvalue weighted by Gasteiger charge is 2.35. The fourth-order valence-corrected chi connectivity index (χ4v) is 1.89. The van der Waals surface area contributed by atoms with Gasteiger partial charge in [0, 0.05) is 17.3 Å². The molecule has 0 aliphatic carbocycles. The third-order valence-corrected chi connectivity index (χ3v) is 3.11. The molecule has 2 aromatic rings. The number of pyridine rings is 1. The van der Waals surface area contributed by atoms with Gasteiger partial charge in [-0.25, -0.2) is 4.39 Å². The Kier molecular flexibility index (Phi) is 4.22. The average molecular weight is 315 g/mol. The molecule has 7 heteroatoms. The number of hydrogen-bond acceptors (Lipinski definition) is 3. The largest absolute Gasteiger partial charge is 0.486 e. The van der Waals surface area contributed by atoms with E-state index in [-0.39, 0.29) is 21.9 Å². The molecule has 2 rings (SSSR count). The molecule has 1 heterocycles. The molecule has 0 bridgehead atoms. The molecule has 0 aliphatic rings. The minimum Gasteiger partial charge on any atom is -0.486 e. The van der Waals surface area contributed by atoms with Crippen LogP contribution in [0.4, 0.5) is 17.6 Å². The van der Waals surface area contributed by atoms with Gasteiger partial charge in [0.15, 0.2) is 5.05 Å². The lowest BCUT2D eigenvalue weighted by molar-refractivity contribution is -0.137. The van der Waals surface area contributed by atoms with Gasteiger partial charge in [-0.2, -0.15) is 13.2 Å². The Morgan fingerprint density at radius 2 is 1.95 bits per heavy atom. The van der Waals surface area contributed by atoms with Crippen LogP contribution in [0.15, 0.2) is 36.5 Å². The zero-order valence-corrected chi connectivity index (χ0v) is 11.6. The average Bonchev–Trinajstić information content (AvgIpc) is 2.45. The zero-order valence-electron chi connectivity index (χ0n) is 10.7. The van der Waals surface area contributed by atoms with Gasteiger partial charge in [-0.05, 0) is 30.4 Å². The van der Waals surface area contributed by atoms with Gasteiger partial charge in [-0.3, -0.25) is 4.98 Å². The zero-order chi connectivity index (χ0) is 15.6. The molecule has 2 nitrogen and oxygen atoms in total. The van der Waals surface area contributed by atoms with Crippen LogP contribution in [0.25, 0.3) is 11.3 Å². The SMILES string of the molecule is COC(=S)c1cnc(-c2cccc(F)c2)c(C(F)(F)F)c1. The minimum absolute atomic E-state index is 0.0391. The summed E-state index contributed by atoms with van der Waals surface area (Å²) in [5, 5.41) is -0.0983. The van der Waals surface area contributed by atoms with Crippen molar-refractivity contribution in [3.8, 4) is 11.3 Å². The summed E-state index contributed by atoms with van der Waals surface area (Å²) in [6.07, 6.45) is -3.48. The number of halogens is 4. The Balaban J connectivity index is 2.63. The molecule has 0 saturated heterocycles. The Morgan fingerprint density at radius 1 is 1.24 bits per heavy atom. The number of hydrogen-bond donors (Lipinski definition) is 0. The summed E-state index contributed by atoms with van der Waals surface area (Å²) in [6, 6.07) is 5.66. The molecule has 0 atom stereocenters. The van der Waals surface area contributed by atoms with E-state index in [1.807, 2.05) is 0 Å². The molecule has 21 heavy (non-hydrogen) atoms. The van der Waals surface area contributed by atoms with Crippen molar-refractivity contribution in [1.29, 1.82) is 0 Å². The maximum atomic E-state index is 13.2. The topological polar surface area (TPSA) is 22.1 Å². The predicted octanol–water partition coefficient (Wildman–Crippen LogP) is 4.23. The van der Waals surface area contributed by atoms with Crippen LogP contribution in [-0.4, -0.2) is 17.1 Å². The third-order valence-electron chi connectivity index (χ3n) is 2.71. The van der Waals surface area contributed by atoms with E-state index in [4.69, 9.17) is 17.0 Å². The molecule has 1 aromatic heterocycles. The van der Waals surface area contributed by atoms with Gasteiger partial charge in [0.2, 0.25) is 0 Å². The summed E-state index contributed by atoms with van der Waals surface area (Å²) in [4.78, 5) is 3.77. The van der Waals surface area contributed by atoms with E-state index >= 15 is 0 Å². The highest BCUT2D eigenvalue weighted by molar-refractivity contribution is 7.80. The lowest BCUT2D eigenvalue weighted by Crippen LogP contribution is -2.11. The van der Waals surface area contributed by atoms with Crippen molar-refractivity contribution in [3.05, 3.63) is 53.5 Å². The van der Waals surface area contributed by atoms with Crippen molar-refractivity contribution in [1.82, 2.24) is 4.98 Å². The number of rotatable bonds is 2. The van der Waals surface area contributed by atoms with Crippen molar-refractivity contribution in [3.63, 3.8) is 0 Å². The van der Waals surface area contributed by atoms with Crippen molar-refractivity contribution >= 4 is 17.3 Å². The Hall–Kier alpha value is -2.02. The van der Waals surface area contributed by atoms with E-state index in [9.17, 15) is 17.6 Å². The third kappa shape index (κ3) is 3.36. The number of ether oxygens (including phenoxy) is 1. The summed E-state index contributed by atoms with van der Waals surface area (Å²) >= 11 is 4.80. The number of benzene rings is 1. The fourth-order valence-electron chi connectivity index (χ4n) is 1.78. The van der Waals surface area contributed by atoms with Crippen LogP contribution in [0.2, 0.25) is 0 Å². The van der Waals surface area contributed by atoms with Crippen LogP contribution in [0.5, 0.6) is 0 Å². The quantitative estimate of drug-likeness (QED) is 0.612. The van der Waals surface area contributed by atoms with E-state index in [1.165, 1.54) is 25.4 Å². The molecule has 0 unspecified atom stereocenters. The second-order valence-corrected chi connectivity index (χ2v) is 4.49. The van der Waals surface area contributed by atoms with Crippen LogP contribution in [0.3, 0.4) is 0 Å². The Bertz CT molecular complexity index is 685. The number of methoxy groups -OCH3 is 1. The molecule has 0 spiro atoms. The van der Waals surface area contributed by atoms with Crippen molar-refractivity contribution in [2.24, 2.45) is 0 Å². The van der Waals surface area contributed by atoms with E-state index in [0.29, 0.717) is 0 Å². The number of thiocarbonyl (C=S) groups is 1. The second kappa shape index (κ2) is 5.77. The van der Waals surface area contributed by atoms with Crippen molar-refractivity contribution in [2.45, 2.75) is 6.18 Å². The summed E-state index contributed by atoms with van der Waals surface area (Å²) in [6.45, 7) is 0. The first-order valence-electron chi connectivity index (χ1n) is 5.74. The van der Waals surface area contributed by atoms with Gasteiger partial charge in [0.25, 0.3) is 0 Å². The number of alkyl halides is 3. The van der Waals surface area contributed by atoms with E-state index in [2.05, 4.69) is 4.98 Å². The highest BCUT2D eigenvalue weighted by atomic mass is 32.1. The van der Waals surface area contributed by atoms with Crippen LogP contribution in [0.1, 0.15) is 11.1 Å². The normalized spacial score (nSPS) is 11.3.